The molecule has 1 aliphatic rings. The van der Waals surface area contributed by atoms with Crippen LogP contribution in [-0.4, -0.2) is 15.0 Å². The van der Waals surface area contributed by atoms with Crippen molar-refractivity contribution in [3.63, 3.8) is 0 Å². The van der Waals surface area contributed by atoms with Gasteiger partial charge in [0.15, 0.2) is 0 Å². The number of benzene rings is 3. The third-order valence-electron chi connectivity index (χ3n) is 11.2. The maximum Gasteiger partial charge on any atom is 0.130 e. The van der Waals surface area contributed by atoms with Crippen molar-refractivity contribution in [3.8, 4) is 17.2 Å². The van der Waals surface area contributed by atoms with E-state index in [0.717, 1.165) is 84.0 Å². The molecule has 9 nitrogen and oxygen atoms in total. The Bertz CT molecular complexity index is 2090. The summed E-state index contributed by atoms with van der Waals surface area (Å²) in [6.07, 6.45) is 10.8. The molecule has 1 aliphatic heterocycles. The fraction of sp³-hybridized carbons (Fsp3) is 0.389. The van der Waals surface area contributed by atoms with Gasteiger partial charge in [-0.2, -0.15) is 0 Å². The van der Waals surface area contributed by atoms with Gasteiger partial charge in [0.05, 0.1) is 39.6 Å². The van der Waals surface area contributed by atoms with Crippen molar-refractivity contribution in [1.82, 2.24) is 15.0 Å². The molecule has 0 saturated carbocycles. The third kappa shape index (κ3) is 12.1. The molecule has 0 radical (unpaired) electrons. The molecule has 3 aromatic carbocycles. The standard InChI is InChI=1S/C54H63N3O6/c1-52(2,3)46-19-40-31-58-33-42-21-47(53(4,5)6)23-44(50(42)62-29-38-14-11-17-56-26-38)35-60-36-45-24-48(54(7,8)9)22-43(51(45)63-30-39-15-12-18-57-27-39)34-59-32-41(20-46)49(40)61-28-37-13-10-16-55-25-37/h10-27H,28-36H2,1-9H3. The Hall–Kier alpha value is -5.61. The van der Waals surface area contributed by atoms with Crippen molar-refractivity contribution in [3.05, 3.63) is 177 Å². The van der Waals surface area contributed by atoms with Crippen LogP contribution in [-0.2, 0) is 89.9 Å². The first kappa shape index (κ1) is 45.4. The molecule has 0 saturated heterocycles. The Morgan fingerprint density at radius 1 is 0.397 bits per heavy atom. The van der Waals surface area contributed by atoms with E-state index in [4.69, 9.17) is 28.4 Å². The Balaban J connectivity index is 1.38. The summed E-state index contributed by atoms with van der Waals surface area (Å²) in [7, 11) is 0. The van der Waals surface area contributed by atoms with Crippen LogP contribution < -0.4 is 14.2 Å². The minimum Gasteiger partial charge on any atom is -0.488 e. The molecule has 0 amide bonds. The van der Waals surface area contributed by atoms with Crippen molar-refractivity contribution in [2.45, 2.75) is 138 Å². The number of hydrogen-bond donors (Lipinski definition) is 0. The van der Waals surface area contributed by atoms with Crippen molar-refractivity contribution >= 4 is 0 Å². The van der Waals surface area contributed by atoms with E-state index in [2.05, 4.69) is 114 Å². The molecule has 0 aliphatic carbocycles. The lowest BCUT2D eigenvalue weighted by molar-refractivity contribution is 0.0894. The predicted molar refractivity (Wildman–Crippen MR) is 247 cm³/mol. The first-order valence-corrected chi connectivity index (χ1v) is 21.9. The first-order valence-electron chi connectivity index (χ1n) is 21.9. The molecule has 0 N–H and O–H groups in total. The van der Waals surface area contributed by atoms with Crippen LogP contribution in [0.15, 0.2) is 110 Å². The molecule has 3 aromatic heterocycles. The van der Waals surface area contributed by atoms with Gasteiger partial charge in [-0.05, 0) is 87.5 Å². The third-order valence-corrected chi connectivity index (χ3v) is 11.2. The molecule has 0 spiro atoms. The molecular weight excluding hydrogens is 787 g/mol. The lowest BCUT2D eigenvalue weighted by atomic mass is 9.84. The number of pyridine rings is 3. The van der Waals surface area contributed by atoms with Gasteiger partial charge in [0.2, 0.25) is 0 Å². The van der Waals surface area contributed by atoms with Crippen LogP contribution in [0.3, 0.4) is 0 Å². The van der Waals surface area contributed by atoms with Gasteiger partial charge >= 0.3 is 0 Å². The van der Waals surface area contributed by atoms with E-state index in [1.807, 2.05) is 55.0 Å². The van der Waals surface area contributed by atoms with Crippen LogP contribution in [0.25, 0.3) is 0 Å². The lowest BCUT2D eigenvalue weighted by Crippen LogP contribution is -2.16. The summed E-state index contributed by atoms with van der Waals surface area (Å²) in [5, 5.41) is 0. The summed E-state index contributed by atoms with van der Waals surface area (Å²) in [6.45, 7) is 22.9. The zero-order chi connectivity index (χ0) is 44.6. The van der Waals surface area contributed by atoms with Crippen molar-refractivity contribution in [2.24, 2.45) is 0 Å². The highest BCUT2D eigenvalue weighted by Gasteiger charge is 2.25. The topological polar surface area (TPSA) is 94.1 Å². The van der Waals surface area contributed by atoms with Crippen LogP contribution >= 0.6 is 0 Å². The summed E-state index contributed by atoms with van der Waals surface area (Å²) in [5.74, 6) is 2.24. The summed E-state index contributed by atoms with van der Waals surface area (Å²) in [6, 6.07) is 25.2. The van der Waals surface area contributed by atoms with Gasteiger partial charge in [-0.1, -0.05) is 80.5 Å². The highest BCUT2D eigenvalue weighted by molar-refractivity contribution is 5.49. The maximum atomic E-state index is 6.76. The van der Waals surface area contributed by atoms with Gasteiger partial charge in [0.1, 0.15) is 37.1 Å². The number of rotatable bonds is 9. The van der Waals surface area contributed by atoms with E-state index in [0.29, 0.717) is 59.5 Å². The minimum absolute atomic E-state index is 0.158. The maximum absolute atomic E-state index is 6.76. The summed E-state index contributed by atoms with van der Waals surface area (Å²) in [4.78, 5) is 13.0. The number of aromatic nitrogens is 3. The lowest BCUT2D eigenvalue weighted by Gasteiger charge is -2.26. The second-order valence-electron chi connectivity index (χ2n) is 19.5. The molecular formula is C54H63N3O6. The molecule has 6 bridgehead atoms. The fourth-order valence-corrected chi connectivity index (χ4v) is 7.49. The Labute approximate surface area is 374 Å². The molecule has 6 aromatic rings. The van der Waals surface area contributed by atoms with E-state index in [-0.39, 0.29) is 16.2 Å². The Morgan fingerprint density at radius 3 is 0.825 bits per heavy atom. The van der Waals surface area contributed by atoms with E-state index in [1.54, 1.807) is 18.6 Å². The molecule has 63 heavy (non-hydrogen) atoms. The SMILES string of the molecule is CC(C)(C)c1cc2c(OCc3cccnc3)c(c1)COCc1cc(C(C)(C)C)cc(c1OCc1cccnc1)COCc1cc(C(C)(C)C)cc(c1OCc1cccnc1)COC2. The van der Waals surface area contributed by atoms with Gasteiger partial charge < -0.3 is 28.4 Å². The minimum atomic E-state index is -0.158. The summed E-state index contributed by atoms with van der Waals surface area (Å²) >= 11 is 0. The average molecular weight is 850 g/mol. The molecule has 4 heterocycles. The number of ether oxygens (including phenoxy) is 6. The van der Waals surface area contributed by atoms with Gasteiger partial charge in [0.25, 0.3) is 0 Å². The van der Waals surface area contributed by atoms with Crippen molar-refractivity contribution in [2.75, 3.05) is 0 Å². The van der Waals surface area contributed by atoms with Crippen LogP contribution in [0.1, 0.15) is 129 Å². The summed E-state index contributed by atoms with van der Waals surface area (Å²) in [5.41, 5.74) is 11.6. The van der Waals surface area contributed by atoms with Crippen molar-refractivity contribution < 1.29 is 28.4 Å². The molecule has 330 valence electrons. The zero-order valence-electron chi connectivity index (χ0n) is 38.5. The zero-order valence-corrected chi connectivity index (χ0v) is 38.5. The first-order chi connectivity index (χ1) is 30.1. The van der Waals surface area contributed by atoms with E-state index in [1.165, 1.54) is 0 Å². The number of fused-ring (bicyclic) bond motifs is 6. The molecule has 0 unspecified atom stereocenters. The van der Waals surface area contributed by atoms with E-state index >= 15 is 0 Å². The number of hydrogen-bond acceptors (Lipinski definition) is 9. The van der Waals surface area contributed by atoms with E-state index < -0.39 is 0 Å². The molecule has 9 heteroatoms. The van der Waals surface area contributed by atoms with Crippen molar-refractivity contribution in [1.29, 1.82) is 0 Å². The quantitative estimate of drug-likeness (QED) is 0.141. The van der Waals surface area contributed by atoms with Crippen LogP contribution in [0.5, 0.6) is 17.2 Å². The monoisotopic (exact) mass is 849 g/mol. The molecule has 7 rings (SSSR count). The van der Waals surface area contributed by atoms with Crippen LogP contribution in [0.4, 0.5) is 0 Å². The Kier molecular flexibility index (Phi) is 14.3. The molecule has 0 fully saturated rings. The largest absolute Gasteiger partial charge is 0.488 e. The number of nitrogens with zero attached hydrogens (tertiary/aromatic N) is 3. The Morgan fingerprint density at radius 2 is 0.635 bits per heavy atom. The van der Waals surface area contributed by atoms with Crippen LogP contribution in [0.2, 0.25) is 0 Å². The predicted octanol–water partition coefficient (Wildman–Crippen LogP) is 12.0. The van der Waals surface area contributed by atoms with E-state index in [9.17, 15) is 0 Å². The highest BCUT2D eigenvalue weighted by atomic mass is 16.5. The normalized spacial score (nSPS) is 14.0. The van der Waals surface area contributed by atoms with Gasteiger partial charge in [0, 0.05) is 87.3 Å². The van der Waals surface area contributed by atoms with Gasteiger partial charge in [-0.15, -0.1) is 0 Å². The van der Waals surface area contributed by atoms with Crippen LogP contribution in [0, 0.1) is 0 Å². The second kappa shape index (κ2) is 19.8. The molecule has 0 atom stereocenters. The fourth-order valence-electron chi connectivity index (χ4n) is 7.49. The average Bonchev–Trinajstić information content (AvgIpc) is 3.24. The smallest absolute Gasteiger partial charge is 0.130 e. The van der Waals surface area contributed by atoms with Gasteiger partial charge in [-0.3, -0.25) is 15.0 Å². The second-order valence-corrected chi connectivity index (χ2v) is 19.5. The summed E-state index contributed by atoms with van der Waals surface area (Å²) < 4.78 is 40.5. The van der Waals surface area contributed by atoms with Gasteiger partial charge in [-0.25, -0.2) is 0 Å². The highest BCUT2D eigenvalue weighted by Crippen LogP contribution is 2.39.